The minimum absolute atomic E-state index is 0.538. The Bertz CT molecular complexity index is 416. The van der Waals surface area contributed by atoms with E-state index in [-0.39, 0.29) is 0 Å². The lowest BCUT2D eigenvalue weighted by molar-refractivity contribution is -0.665. The van der Waals surface area contributed by atoms with Crippen LogP contribution in [0.15, 0.2) is 18.2 Å². The number of hydrogen-bond donors (Lipinski definition) is 1. The molecule has 0 radical (unpaired) electrons. The predicted molar refractivity (Wildman–Crippen MR) is 71.6 cm³/mol. The maximum absolute atomic E-state index is 2.64. The number of rotatable bonds is 0. The number of hydrogen-bond acceptors (Lipinski definition) is 0. The van der Waals surface area contributed by atoms with Crippen LogP contribution in [0.4, 0.5) is 5.69 Å². The third-order valence-corrected chi connectivity index (χ3v) is 4.90. The Morgan fingerprint density at radius 3 is 2.71 bits per heavy atom. The molecule has 1 aliphatic heterocycles. The SMILES string of the molecule is Cc1cccc2c1[NH2+]C1(CCCCC1)CC2C. The Morgan fingerprint density at radius 1 is 1.18 bits per heavy atom. The van der Waals surface area contributed by atoms with Gasteiger partial charge in [-0.2, -0.15) is 0 Å². The zero-order valence-corrected chi connectivity index (χ0v) is 11.1. The van der Waals surface area contributed by atoms with Crippen LogP contribution in [-0.2, 0) is 0 Å². The molecule has 17 heavy (non-hydrogen) atoms. The number of aryl methyl sites for hydroxylation is 1. The fourth-order valence-corrected chi connectivity index (χ4v) is 4.02. The molecule has 1 atom stereocenters. The summed E-state index contributed by atoms with van der Waals surface area (Å²) >= 11 is 0. The van der Waals surface area contributed by atoms with Gasteiger partial charge >= 0.3 is 0 Å². The van der Waals surface area contributed by atoms with Crippen LogP contribution in [0.3, 0.4) is 0 Å². The van der Waals surface area contributed by atoms with Gasteiger partial charge in [-0.15, -0.1) is 0 Å². The summed E-state index contributed by atoms with van der Waals surface area (Å²) in [5.74, 6) is 0.744. The van der Waals surface area contributed by atoms with Gasteiger partial charge < -0.3 is 5.32 Å². The number of fused-ring (bicyclic) bond motifs is 1. The summed E-state index contributed by atoms with van der Waals surface area (Å²) in [6.07, 6.45) is 8.54. The molecule has 0 amide bonds. The van der Waals surface area contributed by atoms with Crippen LogP contribution >= 0.6 is 0 Å². The van der Waals surface area contributed by atoms with Gasteiger partial charge in [-0.1, -0.05) is 31.5 Å². The van der Waals surface area contributed by atoms with Gasteiger partial charge in [0.2, 0.25) is 0 Å². The first-order valence-corrected chi connectivity index (χ1v) is 7.16. The topological polar surface area (TPSA) is 16.6 Å². The quantitative estimate of drug-likeness (QED) is 0.658. The second-order valence-electron chi connectivity index (χ2n) is 6.25. The summed E-state index contributed by atoms with van der Waals surface area (Å²) in [4.78, 5) is 0. The molecule has 3 rings (SSSR count). The van der Waals surface area contributed by atoms with E-state index in [1.54, 1.807) is 11.3 Å². The summed E-state index contributed by atoms with van der Waals surface area (Å²) in [6, 6.07) is 6.82. The van der Waals surface area contributed by atoms with Crippen molar-refractivity contribution < 1.29 is 5.32 Å². The van der Waals surface area contributed by atoms with Crippen LogP contribution < -0.4 is 5.32 Å². The van der Waals surface area contributed by atoms with Crippen molar-refractivity contribution in [2.75, 3.05) is 0 Å². The lowest BCUT2D eigenvalue weighted by atomic mass is 9.71. The monoisotopic (exact) mass is 230 g/mol. The Hall–Kier alpha value is -0.820. The van der Waals surface area contributed by atoms with E-state index in [0.29, 0.717) is 5.54 Å². The van der Waals surface area contributed by atoms with E-state index in [9.17, 15) is 0 Å². The standard InChI is InChI=1S/C16H23N/c1-12-7-6-8-14-13(2)11-16(17-15(12)14)9-4-3-5-10-16/h6-8,13,17H,3-5,9-11H2,1-2H3/p+1. The summed E-state index contributed by atoms with van der Waals surface area (Å²) < 4.78 is 0. The molecule has 1 spiro atoms. The molecular weight excluding hydrogens is 206 g/mol. The van der Waals surface area contributed by atoms with Crippen LogP contribution in [0.25, 0.3) is 0 Å². The fourth-order valence-electron chi connectivity index (χ4n) is 4.02. The zero-order chi connectivity index (χ0) is 11.9. The van der Waals surface area contributed by atoms with Gasteiger partial charge in [0.15, 0.2) is 0 Å². The molecule has 2 N–H and O–H groups in total. The van der Waals surface area contributed by atoms with E-state index in [1.807, 2.05) is 0 Å². The van der Waals surface area contributed by atoms with Crippen molar-refractivity contribution in [1.29, 1.82) is 0 Å². The average molecular weight is 230 g/mol. The highest BCUT2D eigenvalue weighted by molar-refractivity contribution is 5.49. The summed E-state index contributed by atoms with van der Waals surface area (Å²) in [6.45, 7) is 4.69. The van der Waals surface area contributed by atoms with E-state index >= 15 is 0 Å². The van der Waals surface area contributed by atoms with Crippen LogP contribution in [0.1, 0.15) is 62.5 Å². The molecule has 1 unspecified atom stereocenters. The Balaban J connectivity index is 1.99. The number of quaternary nitrogens is 1. The van der Waals surface area contributed by atoms with Crippen LogP contribution in [0.5, 0.6) is 0 Å². The molecule has 1 aromatic rings. The lowest BCUT2D eigenvalue weighted by Crippen LogP contribution is -2.94. The molecule has 92 valence electrons. The van der Waals surface area contributed by atoms with E-state index in [2.05, 4.69) is 37.4 Å². The summed E-state index contributed by atoms with van der Waals surface area (Å²) in [7, 11) is 0. The highest BCUT2D eigenvalue weighted by Gasteiger charge is 2.42. The molecule has 1 heteroatoms. The summed E-state index contributed by atoms with van der Waals surface area (Å²) in [5.41, 5.74) is 5.16. The third kappa shape index (κ3) is 1.91. The van der Waals surface area contributed by atoms with Crippen LogP contribution in [-0.4, -0.2) is 5.54 Å². The number of nitrogens with two attached hydrogens (primary N) is 1. The maximum atomic E-state index is 2.64. The van der Waals surface area contributed by atoms with Gasteiger partial charge in [0, 0.05) is 30.4 Å². The van der Waals surface area contributed by atoms with Gasteiger partial charge in [0.1, 0.15) is 11.2 Å². The Morgan fingerprint density at radius 2 is 1.94 bits per heavy atom. The van der Waals surface area contributed by atoms with Gasteiger partial charge in [-0.3, -0.25) is 0 Å². The van der Waals surface area contributed by atoms with Gasteiger partial charge in [0.05, 0.1) is 0 Å². The second-order valence-corrected chi connectivity index (χ2v) is 6.25. The van der Waals surface area contributed by atoms with E-state index in [0.717, 1.165) is 5.92 Å². The van der Waals surface area contributed by atoms with Crippen LogP contribution in [0, 0.1) is 6.92 Å². The largest absolute Gasteiger partial charge is 0.309 e. The van der Waals surface area contributed by atoms with Crippen molar-refractivity contribution in [2.24, 2.45) is 0 Å². The molecule has 0 bridgehead atoms. The fraction of sp³-hybridized carbons (Fsp3) is 0.625. The van der Waals surface area contributed by atoms with Crippen LogP contribution in [0.2, 0.25) is 0 Å². The highest BCUT2D eigenvalue weighted by Crippen LogP contribution is 2.40. The highest BCUT2D eigenvalue weighted by atomic mass is 15.0. The molecule has 1 nitrogen and oxygen atoms in total. The van der Waals surface area contributed by atoms with Gasteiger partial charge in [0.25, 0.3) is 0 Å². The van der Waals surface area contributed by atoms with Gasteiger partial charge in [-0.25, -0.2) is 0 Å². The number of para-hydroxylation sites is 1. The average Bonchev–Trinajstić information content (AvgIpc) is 2.32. The summed E-state index contributed by atoms with van der Waals surface area (Å²) in [5, 5.41) is 2.64. The zero-order valence-electron chi connectivity index (χ0n) is 11.1. The molecule has 1 aromatic carbocycles. The maximum Gasteiger partial charge on any atom is 0.136 e. The van der Waals surface area contributed by atoms with Crippen molar-refractivity contribution in [2.45, 2.75) is 63.8 Å². The predicted octanol–water partition coefficient (Wildman–Crippen LogP) is 3.40. The normalized spacial score (nSPS) is 26.8. The molecular formula is C16H24N+. The second kappa shape index (κ2) is 4.13. The third-order valence-electron chi connectivity index (χ3n) is 4.90. The molecule has 0 aromatic heterocycles. The molecule has 1 saturated carbocycles. The van der Waals surface area contributed by atoms with Crippen molar-refractivity contribution >= 4 is 5.69 Å². The Kier molecular flexibility index (Phi) is 2.74. The smallest absolute Gasteiger partial charge is 0.136 e. The van der Waals surface area contributed by atoms with Crippen molar-refractivity contribution in [1.82, 2.24) is 0 Å². The van der Waals surface area contributed by atoms with Gasteiger partial charge in [-0.05, 0) is 25.7 Å². The van der Waals surface area contributed by atoms with E-state index < -0.39 is 0 Å². The first kappa shape index (κ1) is 11.3. The molecule has 2 aliphatic rings. The molecule has 1 heterocycles. The van der Waals surface area contributed by atoms with Crippen molar-refractivity contribution in [3.63, 3.8) is 0 Å². The molecule has 0 saturated heterocycles. The molecule has 1 aliphatic carbocycles. The minimum Gasteiger partial charge on any atom is -0.309 e. The molecule has 1 fully saturated rings. The number of benzene rings is 1. The first-order chi connectivity index (χ1) is 8.20. The Labute approximate surface area is 105 Å². The van der Waals surface area contributed by atoms with E-state index in [4.69, 9.17) is 0 Å². The van der Waals surface area contributed by atoms with Crippen molar-refractivity contribution in [3.05, 3.63) is 29.3 Å². The van der Waals surface area contributed by atoms with E-state index in [1.165, 1.54) is 44.1 Å². The minimum atomic E-state index is 0.538. The van der Waals surface area contributed by atoms with Crippen molar-refractivity contribution in [3.8, 4) is 0 Å². The first-order valence-electron chi connectivity index (χ1n) is 7.16. The lowest BCUT2D eigenvalue weighted by Gasteiger charge is -2.41.